The van der Waals surface area contributed by atoms with Crippen molar-refractivity contribution in [3.8, 4) is 0 Å². The molecule has 0 saturated carbocycles. The molecule has 0 amide bonds. The van der Waals surface area contributed by atoms with E-state index in [9.17, 15) is 0 Å². The highest BCUT2D eigenvalue weighted by Gasteiger charge is 1.87. The van der Waals surface area contributed by atoms with E-state index in [0.29, 0.717) is 0 Å². The van der Waals surface area contributed by atoms with Crippen molar-refractivity contribution >= 4 is 6.21 Å². The number of nitrogens with zero attached hydrogens (tertiary/aromatic N) is 1. The third kappa shape index (κ3) is 5.59. The summed E-state index contributed by atoms with van der Waals surface area (Å²) in [6, 6.07) is 0. The SMILES string of the molecule is CC=N/C(=C\C=C/C)CCC. The molecule has 0 rings (SSSR count). The molecule has 0 unspecified atom stereocenters. The van der Waals surface area contributed by atoms with Crippen molar-refractivity contribution in [2.45, 2.75) is 33.6 Å². The number of aliphatic imine (C=N–C) groups is 1. The first-order valence-corrected chi connectivity index (χ1v) is 4.15. The summed E-state index contributed by atoms with van der Waals surface area (Å²) in [5, 5.41) is 0. The third-order valence-electron chi connectivity index (χ3n) is 1.28. The van der Waals surface area contributed by atoms with Crippen molar-refractivity contribution in [3.63, 3.8) is 0 Å². The summed E-state index contributed by atoms with van der Waals surface area (Å²) in [6.07, 6.45) is 10.2. The Morgan fingerprint density at radius 2 is 2.09 bits per heavy atom. The summed E-state index contributed by atoms with van der Waals surface area (Å²) in [5.41, 5.74) is 1.16. The lowest BCUT2D eigenvalue weighted by Crippen LogP contribution is -1.77. The first kappa shape index (κ1) is 10.2. The van der Waals surface area contributed by atoms with E-state index in [1.165, 1.54) is 0 Å². The molecule has 1 heteroatoms. The topological polar surface area (TPSA) is 12.4 Å². The minimum absolute atomic E-state index is 1.06. The molecule has 0 spiro atoms. The van der Waals surface area contributed by atoms with Crippen molar-refractivity contribution < 1.29 is 0 Å². The van der Waals surface area contributed by atoms with E-state index < -0.39 is 0 Å². The number of hydrogen-bond donors (Lipinski definition) is 0. The summed E-state index contributed by atoms with van der Waals surface area (Å²) in [4.78, 5) is 4.24. The molecule has 0 aromatic carbocycles. The Morgan fingerprint density at radius 3 is 2.55 bits per heavy atom. The number of rotatable bonds is 4. The molecule has 0 fully saturated rings. The van der Waals surface area contributed by atoms with Gasteiger partial charge in [0.1, 0.15) is 0 Å². The Balaban J connectivity index is 4.07. The van der Waals surface area contributed by atoms with Crippen LogP contribution in [0.2, 0.25) is 0 Å². The highest BCUT2D eigenvalue weighted by Crippen LogP contribution is 2.05. The summed E-state index contributed by atoms with van der Waals surface area (Å²) in [5.74, 6) is 0. The second kappa shape index (κ2) is 7.26. The maximum absolute atomic E-state index is 4.24. The average Bonchev–Trinajstić information content (AvgIpc) is 2.01. The lowest BCUT2D eigenvalue weighted by molar-refractivity contribution is 0.894. The van der Waals surface area contributed by atoms with Crippen molar-refractivity contribution in [2.24, 2.45) is 4.99 Å². The van der Waals surface area contributed by atoms with E-state index in [-0.39, 0.29) is 0 Å². The molecule has 0 aliphatic carbocycles. The van der Waals surface area contributed by atoms with Gasteiger partial charge in [-0.15, -0.1) is 0 Å². The molecular weight excluding hydrogens is 134 g/mol. The Labute approximate surface area is 69.5 Å². The predicted octanol–water partition coefficient (Wildman–Crippen LogP) is 3.34. The zero-order valence-electron chi connectivity index (χ0n) is 7.67. The smallest absolute Gasteiger partial charge is 0.0399 e. The maximum atomic E-state index is 4.24. The molecule has 0 heterocycles. The predicted molar refractivity (Wildman–Crippen MR) is 52.0 cm³/mol. The van der Waals surface area contributed by atoms with Gasteiger partial charge in [0.2, 0.25) is 0 Å². The zero-order valence-corrected chi connectivity index (χ0v) is 7.67. The Bertz CT molecular complexity index is 164. The van der Waals surface area contributed by atoms with E-state index in [1.54, 1.807) is 0 Å². The van der Waals surface area contributed by atoms with Gasteiger partial charge in [-0.3, -0.25) is 4.99 Å². The molecule has 62 valence electrons. The Kier molecular flexibility index (Phi) is 6.70. The fraction of sp³-hybridized carbons (Fsp3) is 0.500. The maximum Gasteiger partial charge on any atom is 0.0399 e. The molecule has 0 aromatic rings. The van der Waals surface area contributed by atoms with Crippen LogP contribution >= 0.6 is 0 Å². The van der Waals surface area contributed by atoms with Crippen molar-refractivity contribution in [1.29, 1.82) is 0 Å². The fourth-order valence-corrected chi connectivity index (χ4v) is 0.820. The van der Waals surface area contributed by atoms with Gasteiger partial charge in [-0.2, -0.15) is 0 Å². The summed E-state index contributed by atoms with van der Waals surface area (Å²) in [7, 11) is 0. The van der Waals surface area contributed by atoms with Crippen LogP contribution in [0.3, 0.4) is 0 Å². The summed E-state index contributed by atoms with van der Waals surface area (Å²) in [6.45, 7) is 6.11. The zero-order chi connectivity index (χ0) is 8.53. The van der Waals surface area contributed by atoms with E-state index in [4.69, 9.17) is 0 Å². The van der Waals surface area contributed by atoms with Gasteiger partial charge in [-0.1, -0.05) is 25.5 Å². The highest BCUT2D eigenvalue weighted by atomic mass is 14.7. The van der Waals surface area contributed by atoms with Crippen LogP contribution in [0.15, 0.2) is 28.9 Å². The minimum atomic E-state index is 1.06. The highest BCUT2D eigenvalue weighted by molar-refractivity contribution is 5.55. The van der Waals surface area contributed by atoms with Gasteiger partial charge in [0.25, 0.3) is 0 Å². The molecule has 0 atom stereocenters. The van der Waals surface area contributed by atoms with Crippen molar-refractivity contribution in [2.75, 3.05) is 0 Å². The van der Waals surface area contributed by atoms with E-state index in [0.717, 1.165) is 18.5 Å². The van der Waals surface area contributed by atoms with Crippen LogP contribution in [-0.2, 0) is 0 Å². The van der Waals surface area contributed by atoms with Crippen molar-refractivity contribution in [1.82, 2.24) is 0 Å². The van der Waals surface area contributed by atoms with Gasteiger partial charge in [0.15, 0.2) is 0 Å². The number of hydrogen-bond acceptors (Lipinski definition) is 1. The normalized spacial score (nSPS) is 13.5. The van der Waals surface area contributed by atoms with Gasteiger partial charge >= 0.3 is 0 Å². The first-order valence-electron chi connectivity index (χ1n) is 4.15. The second-order valence-electron chi connectivity index (χ2n) is 2.32. The lowest BCUT2D eigenvalue weighted by atomic mass is 10.2. The standard InChI is InChI=1S/C10H17N/c1-4-7-9-10(8-5-2)11-6-3/h4,6-7,9H,5,8H2,1-3H3/b7-4-,10-9-,11-6?. The van der Waals surface area contributed by atoms with Crippen LogP contribution < -0.4 is 0 Å². The molecule has 0 aromatic heterocycles. The lowest BCUT2D eigenvalue weighted by Gasteiger charge is -1.95. The molecule has 0 saturated heterocycles. The molecule has 0 aliphatic rings. The second-order valence-corrected chi connectivity index (χ2v) is 2.32. The Morgan fingerprint density at radius 1 is 1.36 bits per heavy atom. The molecule has 11 heavy (non-hydrogen) atoms. The third-order valence-corrected chi connectivity index (χ3v) is 1.28. The molecule has 0 N–H and O–H groups in total. The van der Waals surface area contributed by atoms with Crippen LogP contribution in [0.5, 0.6) is 0 Å². The summed E-state index contributed by atoms with van der Waals surface area (Å²) < 4.78 is 0. The van der Waals surface area contributed by atoms with E-state index >= 15 is 0 Å². The largest absolute Gasteiger partial charge is 0.266 e. The first-order chi connectivity index (χ1) is 5.35. The average molecular weight is 151 g/mol. The van der Waals surface area contributed by atoms with Gasteiger partial charge in [0, 0.05) is 11.9 Å². The molecule has 0 aliphatic heterocycles. The molecule has 1 nitrogen and oxygen atoms in total. The van der Waals surface area contributed by atoms with Gasteiger partial charge in [-0.25, -0.2) is 0 Å². The van der Waals surface area contributed by atoms with E-state index in [2.05, 4.69) is 18.0 Å². The summed E-state index contributed by atoms with van der Waals surface area (Å²) >= 11 is 0. The molecular formula is C10H17N. The van der Waals surface area contributed by atoms with Gasteiger partial charge < -0.3 is 0 Å². The minimum Gasteiger partial charge on any atom is -0.266 e. The molecule has 0 bridgehead atoms. The fourth-order valence-electron chi connectivity index (χ4n) is 0.820. The quantitative estimate of drug-likeness (QED) is 0.431. The van der Waals surface area contributed by atoms with Crippen LogP contribution in [-0.4, -0.2) is 6.21 Å². The van der Waals surface area contributed by atoms with Crippen LogP contribution in [0, 0.1) is 0 Å². The molecule has 0 radical (unpaired) electrons. The number of allylic oxidation sites excluding steroid dienone is 4. The van der Waals surface area contributed by atoms with Gasteiger partial charge in [-0.05, 0) is 26.3 Å². The monoisotopic (exact) mass is 151 g/mol. The Hall–Kier alpha value is -0.850. The van der Waals surface area contributed by atoms with Gasteiger partial charge in [0.05, 0.1) is 0 Å². The van der Waals surface area contributed by atoms with E-state index in [1.807, 2.05) is 32.2 Å². The van der Waals surface area contributed by atoms with Crippen LogP contribution in [0.4, 0.5) is 0 Å². The van der Waals surface area contributed by atoms with Crippen molar-refractivity contribution in [3.05, 3.63) is 23.9 Å². The van der Waals surface area contributed by atoms with Crippen LogP contribution in [0.1, 0.15) is 33.6 Å². The van der Waals surface area contributed by atoms with Crippen LogP contribution in [0.25, 0.3) is 0 Å².